The third-order valence-electron chi connectivity index (χ3n) is 4.21. The van der Waals surface area contributed by atoms with E-state index in [9.17, 15) is 0 Å². The molecule has 0 radical (unpaired) electrons. The summed E-state index contributed by atoms with van der Waals surface area (Å²) in [6.45, 7) is 4.79. The molecule has 0 atom stereocenters. The minimum absolute atomic E-state index is 0. The van der Waals surface area contributed by atoms with Crippen molar-refractivity contribution >= 4 is 34.8 Å². The molecule has 0 amide bonds. The van der Waals surface area contributed by atoms with Gasteiger partial charge in [0.15, 0.2) is 5.13 Å². The minimum Gasteiger partial charge on any atom is -0.365 e. The molecular weight excluding hydrogens is 366 g/mol. The molecule has 0 spiro atoms. The molecule has 0 saturated carbocycles. The fourth-order valence-corrected chi connectivity index (χ4v) is 3.66. The number of hydrogen-bond acceptors (Lipinski definition) is 5. The third-order valence-corrected chi connectivity index (χ3v) is 4.97. The summed E-state index contributed by atoms with van der Waals surface area (Å²) in [6.07, 6.45) is 3.08. The number of nitrogens with zero attached hydrogens (tertiary/aromatic N) is 3. The van der Waals surface area contributed by atoms with Crippen molar-refractivity contribution in [3.63, 3.8) is 0 Å². The van der Waals surface area contributed by atoms with Gasteiger partial charge in [0.2, 0.25) is 5.96 Å². The number of aromatic nitrogens is 2. The molecule has 5 nitrogen and oxygen atoms in total. The van der Waals surface area contributed by atoms with Gasteiger partial charge in [-0.2, -0.15) is 0 Å². The summed E-state index contributed by atoms with van der Waals surface area (Å²) < 4.78 is 0. The molecule has 0 fully saturated rings. The number of guanidine groups is 1. The number of benzene rings is 1. The van der Waals surface area contributed by atoms with Crippen molar-refractivity contribution in [2.24, 2.45) is 4.99 Å². The summed E-state index contributed by atoms with van der Waals surface area (Å²) in [5, 5.41) is 6.38. The lowest BCUT2D eigenvalue weighted by molar-refractivity contribution is 0.387. The van der Waals surface area contributed by atoms with Crippen LogP contribution < -0.4 is 5.32 Å². The van der Waals surface area contributed by atoms with Gasteiger partial charge in [0, 0.05) is 42.5 Å². The van der Waals surface area contributed by atoms with Crippen LogP contribution in [0.2, 0.25) is 0 Å². The van der Waals surface area contributed by atoms with Crippen LogP contribution in [0, 0.1) is 6.92 Å². The summed E-state index contributed by atoms with van der Waals surface area (Å²) in [5.41, 5.74) is 4.54. The van der Waals surface area contributed by atoms with Gasteiger partial charge in [-0.3, -0.25) is 4.99 Å². The largest absolute Gasteiger partial charge is 0.365 e. The highest BCUT2D eigenvalue weighted by molar-refractivity contribution is 7.14. The lowest BCUT2D eigenvalue weighted by Crippen LogP contribution is -2.39. The van der Waals surface area contributed by atoms with Gasteiger partial charge < -0.3 is 15.2 Å². The summed E-state index contributed by atoms with van der Waals surface area (Å²) in [6, 6.07) is 12.6. The maximum atomic E-state index is 4.71. The number of H-pyrrole nitrogens is 1. The molecule has 3 aromatic rings. The van der Waals surface area contributed by atoms with Gasteiger partial charge in [-0.1, -0.05) is 30.3 Å². The average Bonchev–Trinajstić information content (AvgIpc) is 3.26. The predicted molar refractivity (Wildman–Crippen MR) is 111 cm³/mol. The van der Waals surface area contributed by atoms with E-state index >= 15 is 0 Å². The lowest BCUT2D eigenvalue weighted by atomic mass is 10.2. The second kappa shape index (κ2) is 8.38. The molecule has 7 heteroatoms. The number of aromatic amines is 1. The number of thiazole rings is 1. The molecule has 1 aliphatic heterocycles. The van der Waals surface area contributed by atoms with Crippen molar-refractivity contribution in [3.05, 3.63) is 59.2 Å². The summed E-state index contributed by atoms with van der Waals surface area (Å²) in [7, 11) is 0. The molecule has 2 aromatic heterocycles. The van der Waals surface area contributed by atoms with E-state index < -0.39 is 0 Å². The molecule has 0 aliphatic carbocycles. The van der Waals surface area contributed by atoms with Gasteiger partial charge in [-0.05, 0) is 25.0 Å². The van der Waals surface area contributed by atoms with Crippen LogP contribution >= 0.6 is 23.7 Å². The number of hydrogen-bond donors (Lipinski definition) is 2. The van der Waals surface area contributed by atoms with Gasteiger partial charge in [0.1, 0.15) is 0 Å². The number of aryl methyl sites for hydroxylation is 1. The molecular formula is C19H22ClN5S. The van der Waals surface area contributed by atoms with Crippen LogP contribution in [0.3, 0.4) is 0 Å². The lowest BCUT2D eigenvalue weighted by Gasteiger charge is -2.29. The molecule has 0 unspecified atom stereocenters. The van der Waals surface area contributed by atoms with E-state index in [0.717, 1.165) is 54.1 Å². The van der Waals surface area contributed by atoms with Crippen LogP contribution in [0.1, 0.15) is 17.7 Å². The number of halogens is 1. The summed E-state index contributed by atoms with van der Waals surface area (Å²) in [5.74, 6) is 0.918. The maximum Gasteiger partial charge on any atom is 0.200 e. The molecule has 3 heterocycles. The first kappa shape index (κ1) is 18.5. The summed E-state index contributed by atoms with van der Waals surface area (Å²) in [4.78, 5) is 14.9. The first-order chi connectivity index (χ1) is 12.3. The quantitative estimate of drug-likeness (QED) is 0.690. The molecule has 0 bridgehead atoms. The smallest absolute Gasteiger partial charge is 0.200 e. The van der Waals surface area contributed by atoms with Crippen LogP contribution in [0.15, 0.2) is 53.0 Å². The Bertz CT molecular complexity index is 871. The van der Waals surface area contributed by atoms with Crippen LogP contribution in [-0.4, -0.2) is 33.9 Å². The highest BCUT2D eigenvalue weighted by Gasteiger charge is 2.17. The number of aliphatic imine (C=N–C) groups is 1. The number of anilines is 1. The van der Waals surface area contributed by atoms with Crippen molar-refractivity contribution < 1.29 is 0 Å². The van der Waals surface area contributed by atoms with Crippen molar-refractivity contribution in [1.82, 2.24) is 14.9 Å². The van der Waals surface area contributed by atoms with E-state index in [1.807, 2.05) is 19.2 Å². The van der Waals surface area contributed by atoms with Crippen molar-refractivity contribution in [1.29, 1.82) is 0 Å². The van der Waals surface area contributed by atoms with Crippen LogP contribution in [0.25, 0.3) is 11.3 Å². The van der Waals surface area contributed by atoms with Gasteiger partial charge in [0.25, 0.3) is 0 Å². The highest BCUT2D eigenvalue weighted by atomic mass is 35.5. The summed E-state index contributed by atoms with van der Waals surface area (Å²) >= 11 is 1.61. The molecule has 4 rings (SSSR count). The zero-order valence-electron chi connectivity index (χ0n) is 14.6. The predicted octanol–water partition coefficient (Wildman–Crippen LogP) is 4.54. The molecule has 1 aliphatic rings. The Morgan fingerprint density at radius 3 is 2.88 bits per heavy atom. The molecule has 26 heavy (non-hydrogen) atoms. The Balaban J connectivity index is 0.00000196. The average molecular weight is 388 g/mol. The highest BCUT2D eigenvalue weighted by Crippen LogP contribution is 2.26. The Morgan fingerprint density at radius 1 is 1.27 bits per heavy atom. The van der Waals surface area contributed by atoms with E-state index in [1.165, 1.54) is 5.56 Å². The second-order valence-electron chi connectivity index (χ2n) is 6.20. The first-order valence-corrected chi connectivity index (χ1v) is 9.37. The van der Waals surface area contributed by atoms with Crippen LogP contribution in [0.4, 0.5) is 5.13 Å². The maximum absolute atomic E-state index is 4.71. The fourth-order valence-electron chi connectivity index (χ4n) is 2.94. The van der Waals surface area contributed by atoms with Crippen LogP contribution in [0.5, 0.6) is 0 Å². The zero-order valence-corrected chi connectivity index (χ0v) is 16.2. The van der Waals surface area contributed by atoms with E-state index in [4.69, 9.17) is 4.98 Å². The van der Waals surface area contributed by atoms with Crippen molar-refractivity contribution in [2.45, 2.75) is 19.9 Å². The van der Waals surface area contributed by atoms with E-state index in [-0.39, 0.29) is 12.4 Å². The fraction of sp³-hybridized carbons (Fsp3) is 0.263. The number of rotatable bonds is 4. The van der Waals surface area contributed by atoms with Crippen molar-refractivity contribution in [2.75, 3.05) is 18.4 Å². The topological polar surface area (TPSA) is 56.3 Å². The molecule has 0 saturated heterocycles. The SMILES string of the molecule is Cc1cc(-c2csc(NC3=NCCCN3Cc3ccccc3)n2)c[nH]1.Cl. The Morgan fingerprint density at radius 2 is 2.12 bits per heavy atom. The zero-order chi connectivity index (χ0) is 17.1. The molecule has 136 valence electrons. The minimum atomic E-state index is 0. The monoisotopic (exact) mass is 387 g/mol. The second-order valence-corrected chi connectivity index (χ2v) is 7.06. The molecule has 1 aromatic carbocycles. The third kappa shape index (κ3) is 4.26. The van der Waals surface area contributed by atoms with E-state index in [1.54, 1.807) is 11.3 Å². The van der Waals surface area contributed by atoms with Crippen molar-refractivity contribution in [3.8, 4) is 11.3 Å². The normalized spacial score (nSPS) is 13.9. The Labute approximate surface area is 163 Å². The van der Waals surface area contributed by atoms with Gasteiger partial charge in [0.05, 0.1) is 5.69 Å². The van der Waals surface area contributed by atoms with Gasteiger partial charge in [-0.25, -0.2) is 4.98 Å². The molecule has 2 N–H and O–H groups in total. The van der Waals surface area contributed by atoms with Crippen LogP contribution in [-0.2, 0) is 6.54 Å². The number of nitrogens with one attached hydrogen (secondary N) is 2. The Kier molecular flexibility index (Phi) is 5.96. The standard InChI is InChI=1S/C19H21N5S.ClH/c1-14-10-16(11-21-14)17-13-25-19(22-17)23-18-20-8-5-9-24(18)12-15-6-3-2-4-7-15;/h2-4,6-7,10-11,13,21H,5,8-9,12H2,1H3,(H,20,22,23);1H. The Hall–Kier alpha value is -2.31. The van der Waals surface area contributed by atoms with E-state index in [2.05, 4.69) is 55.9 Å². The van der Waals surface area contributed by atoms with E-state index in [0.29, 0.717) is 0 Å². The first-order valence-electron chi connectivity index (χ1n) is 8.49. The van der Waals surface area contributed by atoms with Gasteiger partial charge in [-0.15, -0.1) is 23.7 Å². The van der Waals surface area contributed by atoms with Gasteiger partial charge >= 0.3 is 0 Å².